The lowest BCUT2D eigenvalue weighted by Gasteiger charge is -2.19. The third kappa shape index (κ3) is 4.06. The molecule has 0 aliphatic heterocycles. The second-order valence-corrected chi connectivity index (χ2v) is 5.67. The summed E-state index contributed by atoms with van der Waals surface area (Å²) in [6, 6.07) is 14.1. The monoisotopic (exact) mass is 312 g/mol. The summed E-state index contributed by atoms with van der Waals surface area (Å²) < 4.78 is 0. The number of hydrogen-bond acceptors (Lipinski definition) is 2. The predicted molar refractivity (Wildman–Crippen MR) is 93.9 cm³/mol. The first-order valence-electron chi connectivity index (χ1n) is 6.14. The minimum Gasteiger partial charge on any atom is -0.399 e. The molecule has 4 N–H and O–H groups in total. The molecule has 0 spiro atoms. The van der Waals surface area contributed by atoms with Crippen molar-refractivity contribution >= 4 is 36.2 Å². The predicted octanol–water partition coefficient (Wildman–Crippen LogP) is 4.66. The van der Waals surface area contributed by atoms with Gasteiger partial charge in [0.1, 0.15) is 0 Å². The maximum Gasteiger partial charge on any atom is 0.0395 e. The number of rotatable bonds is 1. The van der Waals surface area contributed by atoms with Crippen LogP contribution in [0.4, 0.5) is 11.4 Å². The Kier molecular flexibility index (Phi) is 6.39. The Labute approximate surface area is 133 Å². The molecule has 110 valence electrons. The SMILES string of the molecule is CC(C)(C)c1ccc(-c2cc(N)ccc2N)cc1.Cl.Cl. The van der Waals surface area contributed by atoms with Crippen molar-refractivity contribution in [3.63, 3.8) is 0 Å². The van der Waals surface area contributed by atoms with Gasteiger partial charge in [-0.05, 0) is 34.7 Å². The maximum absolute atomic E-state index is 5.99. The van der Waals surface area contributed by atoms with Crippen LogP contribution in [0.1, 0.15) is 26.3 Å². The molecule has 0 unspecified atom stereocenters. The lowest BCUT2D eigenvalue weighted by Crippen LogP contribution is -2.10. The van der Waals surface area contributed by atoms with Gasteiger partial charge in [-0.25, -0.2) is 0 Å². The molecule has 2 aromatic carbocycles. The summed E-state index contributed by atoms with van der Waals surface area (Å²) in [6.45, 7) is 6.62. The highest BCUT2D eigenvalue weighted by Gasteiger charge is 2.13. The van der Waals surface area contributed by atoms with Crippen LogP contribution in [0.3, 0.4) is 0 Å². The van der Waals surface area contributed by atoms with E-state index in [0.717, 1.165) is 22.5 Å². The third-order valence-corrected chi connectivity index (χ3v) is 3.14. The molecule has 2 nitrogen and oxygen atoms in total. The van der Waals surface area contributed by atoms with Gasteiger partial charge in [-0.15, -0.1) is 24.8 Å². The van der Waals surface area contributed by atoms with Crippen molar-refractivity contribution in [2.45, 2.75) is 26.2 Å². The minimum absolute atomic E-state index is 0. The molecule has 0 aliphatic rings. The summed E-state index contributed by atoms with van der Waals surface area (Å²) >= 11 is 0. The molecule has 0 amide bonds. The topological polar surface area (TPSA) is 52.0 Å². The zero-order valence-corrected chi connectivity index (χ0v) is 13.6. The standard InChI is InChI=1S/C16H20N2.2ClH/c1-16(2,3)12-6-4-11(5-7-12)14-10-13(17)8-9-15(14)18;;/h4-10H,17-18H2,1-3H3;2*1H. The largest absolute Gasteiger partial charge is 0.399 e. The van der Waals surface area contributed by atoms with Crippen LogP contribution in [-0.2, 0) is 5.41 Å². The highest BCUT2D eigenvalue weighted by atomic mass is 35.5. The molecule has 0 saturated carbocycles. The van der Waals surface area contributed by atoms with Gasteiger partial charge in [-0.2, -0.15) is 0 Å². The summed E-state index contributed by atoms with van der Waals surface area (Å²) in [5, 5.41) is 0. The molecule has 0 heterocycles. The van der Waals surface area contributed by atoms with Crippen LogP contribution < -0.4 is 11.5 Å². The highest BCUT2D eigenvalue weighted by molar-refractivity contribution is 5.85. The van der Waals surface area contributed by atoms with Crippen molar-refractivity contribution in [2.24, 2.45) is 0 Å². The van der Waals surface area contributed by atoms with Crippen molar-refractivity contribution < 1.29 is 0 Å². The summed E-state index contributed by atoms with van der Waals surface area (Å²) in [5.74, 6) is 0. The van der Waals surface area contributed by atoms with Crippen molar-refractivity contribution in [3.05, 3.63) is 48.0 Å². The Balaban J connectivity index is 0.00000180. The Morgan fingerprint density at radius 3 is 1.85 bits per heavy atom. The fourth-order valence-electron chi connectivity index (χ4n) is 1.97. The Bertz CT molecular complexity index is 558. The number of nitrogen functional groups attached to an aromatic ring is 2. The van der Waals surface area contributed by atoms with Crippen LogP contribution in [0, 0.1) is 0 Å². The van der Waals surface area contributed by atoms with Crippen molar-refractivity contribution in [1.82, 2.24) is 0 Å². The summed E-state index contributed by atoms with van der Waals surface area (Å²) in [5.41, 5.74) is 16.9. The molecule has 0 aliphatic carbocycles. The minimum atomic E-state index is 0. The number of hydrogen-bond donors (Lipinski definition) is 2. The second-order valence-electron chi connectivity index (χ2n) is 5.67. The molecular formula is C16H22Cl2N2. The molecule has 0 bridgehead atoms. The van der Waals surface area contributed by atoms with E-state index in [9.17, 15) is 0 Å². The molecule has 2 aromatic rings. The van der Waals surface area contributed by atoms with E-state index in [1.807, 2.05) is 18.2 Å². The molecule has 20 heavy (non-hydrogen) atoms. The number of nitrogens with two attached hydrogens (primary N) is 2. The summed E-state index contributed by atoms with van der Waals surface area (Å²) in [4.78, 5) is 0. The first-order valence-corrected chi connectivity index (χ1v) is 6.14. The van der Waals surface area contributed by atoms with Crippen molar-refractivity contribution in [1.29, 1.82) is 0 Å². The van der Waals surface area contributed by atoms with Crippen molar-refractivity contribution in [3.8, 4) is 11.1 Å². The maximum atomic E-state index is 5.99. The first kappa shape index (κ1) is 18.6. The van der Waals surface area contributed by atoms with E-state index < -0.39 is 0 Å². The van der Waals surface area contributed by atoms with Gasteiger partial charge in [0.25, 0.3) is 0 Å². The zero-order valence-electron chi connectivity index (χ0n) is 12.0. The average Bonchev–Trinajstić information content (AvgIpc) is 2.31. The van der Waals surface area contributed by atoms with Gasteiger partial charge in [-0.3, -0.25) is 0 Å². The van der Waals surface area contributed by atoms with Gasteiger partial charge in [0.15, 0.2) is 0 Å². The van der Waals surface area contributed by atoms with Gasteiger partial charge in [-0.1, -0.05) is 45.0 Å². The second kappa shape index (κ2) is 6.87. The molecule has 0 fully saturated rings. The van der Waals surface area contributed by atoms with E-state index in [-0.39, 0.29) is 30.2 Å². The molecular weight excluding hydrogens is 291 g/mol. The highest BCUT2D eigenvalue weighted by Crippen LogP contribution is 2.30. The molecule has 0 aromatic heterocycles. The van der Waals surface area contributed by atoms with Gasteiger partial charge in [0.2, 0.25) is 0 Å². The normalized spacial score (nSPS) is 10.3. The van der Waals surface area contributed by atoms with E-state index in [1.165, 1.54) is 5.56 Å². The van der Waals surface area contributed by atoms with Crippen LogP contribution >= 0.6 is 24.8 Å². The van der Waals surface area contributed by atoms with Gasteiger partial charge >= 0.3 is 0 Å². The van der Waals surface area contributed by atoms with E-state index in [0.29, 0.717) is 0 Å². The molecule has 4 heteroatoms. The fourth-order valence-corrected chi connectivity index (χ4v) is 1.97. The number of anilines is 2. The average molecular weight is 313 g/mol. The van der Waals surface area contributed by atoms with Crippen LogP contribution in [0.25, 0.3) is 11.1 Å². The molecule has 0 saturated heterocycles. The Hall–Kier alpha value is -1.38. The number of benzene rings is 2. The van der Waals surface area contributed by atoms with E-state index in [2.05, 4.69) is 45.0 Å². The van der Waals surface area contributed by atoms with Crippen LogP contribution in [-0.4, -0.2) is 0 Å². The van der Waals surface area contributed by atoms with E-state index >= 15 is 0 Å². The van der Waals surface area contributed by atoms with Crippen LogP contribution in [0.15, 0.2) is 42.5 Å². The van der Waals surface area contributed by atoms with Crippen molar-refractivity contribution in [2.75, 3.05) is 11.5 Å². The lowest BCUT2D eigenvalue weighted by atomic mass is 9.86. The Morgan fingerprint density at radius 2 is 1.35 bits per heavy atom. The van der Waals surface area contributed by atoms with Gasteiger partial charge in [0, 0.05) is 16.9 Å². The van der Waals surface area contributed by atoms with Crippen LogP contribution in [0.5, 0.6) is 0 Å². The van der Waals surface area contributed by atoms with E-state index in [1.54, 1.807) is 0 Å². The smallest absolute Gasteiger partial charge is 0.0395 e. The summed E-state index contributed by atoms with van der Waals surface area (Å²) in [7, 11) is 0. The zero-order chi connectivity index (χ0) is 13.3. The third-order valence-electron chi connectivity index (χ3n) is 3.14. The van der Waals surface area contributed by atoms with Gasteiger partial charge < -0.3 is 11.5 Å². The Morgan fingerprint density at radius 1 is 0.800 bits per heavy atom. The molecule has 2 rings (SSSR count). The fraction of sp³-hybridized carbons (Fsp3) is 0.250. The first-order chi connectivity index (χ1) is 8.38. The van der Waals surface area contributed by atoms with Crippen LogP contribution in [0.2, 0.25) is 0 Å². The molecule has 0 atom stereocenters. The van der Waals surface area contributed by atoms with Gasteiger partial charge in [0.05, 0.1) is 0 Å². The lowest BCUT2D eigenvalue weighted by molar-refractivity contribution is 0.590. The summed E-state index contributed by atoms with van der Waals surface area (Å²) in [6.07, 6.45) is 0. The van der Waals surface area contributed by atoms with E-state index in [4.69, 9.17) is 11.5 Å². The quantitative estimate of drug-likeness (QED) is 0.752. The number of halogens is 2. The molecule has 0 radical (unpaired) electrons.